The first kappa shape index (κ1) is 16.5. The molecular weight excluding hydrogens is 298 g/mol. The number of carboxylic acid groups (broad SMARTS) is 1. The first-order valence-electron chi connectivity index (χ1n) is 7.14. The van der Waals surface area contributed by atoms with Gasteiger partial charge >= 0.3 is 12.0 Å². The molecule has 0 radical (unpaired) electrons. The van der Waals surface area contributed by atoms with E-state index in [0.29, 0.717) is 11.6 Å². The number of hydrogen-bond donors (Lipinski definition) is 2. The van der Waals surface area contributed by atoms with E-state index in [1.165, 1.54) is 4.90 Å². The van der Waals surface area contributed by atoms with Gasteiger partial charge in [-0.3, -0.25) is 4.79 Å². The number of nitrogens with zero attached hydrogens (tertiary/aromatic N) is 2. The third-order valence-electron chi connectivity index (χ3n) is 3.30. The Morgan fingerprint density at radius 2 is 2.17 bits per heavy atom. The highest BCUT2D eigenvalue weighted by Crippen LogP contribution is 2.22. The standard InChI is InChI=1S/C16H19N3O4/c1-10(15(20)21)8-19(3)16(22)18-13-6-4-5-12(7-13)14-17-11(2)9-23-14/h4-7,9-10H,8H2,1-3H3,(H,18,22)(H,20,21). The van der Waals surface area contributed by atoms with E-state index in [9.17, 15) is 9.59 Å². The molecule has 122 valence electrons. The molecule has 23 heavy (non-hydrogen) atoms. The van der Waals surface area contributed by atoms with Gasteiger partial charge < -0.3 is 19.7 Å². The van der Waals surface area contributed by atoms with Gasteiger partial charge in [0.1, 0.15) is 6.26 Å². The van der Waals surface area contributed by atoms with Crippen molar-refractivity contribution in [3.05, 3.63) is 36.2 Å². The van der Waals surface area contributed by atoms with Crippen molar-refractivity contribution in [3.63, 3.8) is 0 Å². The van der Waals surface area contributed by atoms with Crippen molar-refractivity contribution >= 4 is 17.7 Å². The number of rotatable bonds is 5. The Morgan fingerprint density at radius 1 is 1.43 bits per heavy atom. The van der Waals surface area contributed by atoms with E-state index in [0.717, 1.165) is 11.3 Å². The summed E-state index contributed by atoms with van der Waals surface area (Å²) in [4.78, 5) is 28.5. The molecule has 2 N–H and O–H groups in total. The number of nitrogens with one attached hydrogen (secondary N) is 1. The fourth-order valence-corrected chi connectivity index (χ4v) is 2.01. The number of carbonyl (C=O) groups is 2. The number of aryl methyl sites for hydroxylation is 1. The van der Waals surface area contributed by atoms with Crippen LogP contribution in [0, 0.1) is 12.8 Å². The highest BCUT2D eigenvalue weighted by atomic mass is 16.4. The van der Waals surface area contributed by atoms with Crippen LogP contribution in [0.2, 0.25) is 0 Å². The van der Waals surface area contributed by atoms with E-state index < -0.39 is 11.9 Å². The largest absolute Gasteiger partial charge is 0.481 e. The van der Waals surface area contributed by atoms with Gasteiger partial charge in [-0.25, -0.2) is 9.78 Å². The van der Waals surface area contributed by atoms with Crippen LogP contribution in [0.5, 0.6) is 0 Å². The second kappa shape index (κ2) is 6.95. The lowest BCUT2D eigenvalue weighted by Crippen LogP contribution is -2.36. The summed E-state index contributed by atoms with van der Waals surface area (Å²) < 4.78 is 5.34. The van der Waals surface area contributed by atoms with Crippen LogP contribution in [0.1, 0.15) is 12.6 Å². The summed E-state index contributed by atoms with van der Waals surface area (Å²) in [6, 6.07) is 6.73. The summed E-state index contributed by atoms with van der Waals surface area (Å²) in [5.41, 5.74) is 2.10. The van der Waals surface area contributed by atoms with Crippen LogP contribution in [-0.2, 0) is 4.79 Å². The van der Waals surface area contributed by atoms with Crippen LogP contribution in [0.4, 0.5) is 10.5 Å². The number of urea groups is 1. The third-order valence-corrected chi connectivity index (χ3v) is 3.30. The number of anilines is 1. The summed E-state index contributed by atoms with van der Waals surface area (Å²) in [5, 5.41) is 11.6. The minimum Gasteiger partial charge on any atom is -0.481 e. The molecule has 0 saturated heterocycles. The van der Waals surface area contributed by atoms with E-state index >= 15 is 0 Å². The van der Waals surface area contributed by atoms with Gasteiger partial charge in [-0.05, 0) is 25.1 Å². The topological polar surface area (TPSA) is 95.7 Å². The van der Waals surface area contributed by atoms with Crippen LogP contribution >= 0.6 is 0 Å². The predicted octanol–water partition coefficient (Wildman–Crippen LogP) is 2.83. The number of carboxylic acids is 1. The lowest BCUT2D eigenvalue weighted by Gasteiger charge is -2.20. The van der Waals surface area contributed by atoms with Gasteiger partial charge in [0.25, 0.3) is 0 Å². The molecule has 0 aliphatic rings. The van der Waals surface area contributed by atoms with E-state index in [2.05, 4.69) is 10.3 Å². The van der Waals surface area contributed by atoms with Crippen LogP contribution in [0.3, 0.4) is 0 Å². The number of amides is 2. The molecule has 2 rings (SSSR count). The number of oxazole rings is 1. The number of aliphatic carboxylic acids is 1. The Bertz CT molecular complexity index is 711. The first-order chi connectivity index (χ1) is 10.9. The molecule has 2 aromatic rings. The number of benzene rings is 1. The van der Waals surface area contributed by atoms with Crippen molar-refractivity contribution in [3.8, 4) is 11.5 Å². The van der Waals surface area contributed by atoms with E-state index in [-0.39, 0.29) is 12.6 Å². The molecule has 1 aromatic heterocycles. The molecule has 0 aliphatic carbocycles. The third kappa shape index (κ3) is 4.32. The number of carbonyl (C=O) groups excluding carboxylic acids is 1. The molecule has 0 spiro atoms. The minimum absolute atomic E-state index is 0.125. The summed E-state index contributed by atoms with van der Waals surface area (Å²) >= 11 is 0. The molecule has 7 nitrogen and oxygen atoms in total. The summed E-state index contributed by atoms with van der Waals surface area (Å²) in [7, 11) is 1.55. The van der Waals surface area contributed by atoms with E-state index in [4.69, 9.17) is 9.52 Å². The fraction of sp³-hybridized carbons (Fsp3) is 0.312. The van der Waals surface area contributed by atoms with E-state index in [1.54, 1.807) is 38.4 Å². The van der Waals surface area contributed by atoms with Crippen molar-refractivity contribution in [2.45, 2.75) is 13.8 Å². The van der Waals surface area contributed by atoms with Crippen molar-refractivity contribution in [2.24, 2.45) is 5.92 Å². The Morgan fingerprint density at radius 3 is 2.78 bits per heavy atom. The maximum atomic E-state index is 12.1. The van der Waals surface area contributed by atoms with Crippen molar-refractivity contribution in [1.82, 2.24) is 9.88 Å². The zero-order chi connectivity index (χ0) is 17.0. The highest BCUT2D eigenvalue weighted by Gasteiger charge is 2.17. The normalized spacial score (nSPS) is 11.8. The number of hydrogen-bond acceptors (Lipinski definition) is 4. The van der Waals surface area contributed by atoms with Gasteiger partial charge in [0.05, 0.1) is 11.6 Å². The monoisotopic (exact) mass is 317 g/mol. The van der Waals surface area contributed by atoms with Gasteiger partial charge in [0.15, 0.2) is 0 Å². The highest BCUT2D eigenvalue weighted by molar-refractivity contribution is 5.90. The van der Waals surface area contributed by atoms with E-state index in [1.807, 2.05) is 13.0 Å². The fourth-order valence-electron chi connectivity index (χ4n) is 2.01. The molecular formula is C16H19N3O4. The molecule has 0 fully saturated rings. The molecule has 1 atom stereocenters. The van der Waals surface area contributed by atoms with Gasteiger partial charge in [-0.2, -0.15) is 0 Å². The van der Waals surface area contributed by atoms with Crippen LogP contribution in [0.25, 0.3) is 11.5 Å². The molecule has 7 heteroatoms. The van der Waals surface area contributed by atoms with Gasteiger partial charge in [0, 0.05) is 24.8 Å². The molecule has 1 unspecified atom stereocenters. The molecule has 1 aromatic carbocycles. The zero-order valence-electron chi connectivity index (χ0n) is 13.2. The van der Waals surface area contributed by atoms with Crippen LogP contribution < -0.4 is 5.32 Å². The molecule has 2 amide bonds. The average Bonchev–Trinajstić information content (AvgIpc) is 2.94. The number of aromatic nitrogens is 1. The summed E-state index contributed by atoms with van der Waals surface area (Å²) in [5.74, 6) is -1.09. The summed E-state index contributed by atoms with van der Waals surface area (Å²) in [6.07, 6.45) is 1.56. The SMILES string of the molecule is Cc1coc(-c2cccc(NC(=O)N(C)CC(C)C(=O)O)c2)n1. The smallest absolute Gasteiger partial charge is 0.321 e. The minimum atomic E-state index is -0.939. The second-order valence-corrected chi connectivity index (χ2v) is 5.42. The van der Waals surface area contributed by atoms with Crippen molar-refractivity contribution in [2.75, 3.05) is 18.9 Å². The van der Waals surface area contributed by atoms with Gasteiger partial charge in [0.2, 0.25) is 5.89 Å². The first-order valence-corrected chi connectivity index (χ1v) is 7.14. The van der Waals surface area contributed by atoms with Crippen LogP contribution in [0.15, 0.2) is 34.9 Å². The maximum absolute atomic E-state index is 12.1. The zero-order valence-corrected chi connectivity index (χ0v) is 13.2. The van der Waals surface area contributed by atoms with Crippen LogP contribution in [-0.4, -0.2) is 40.6 Å². The Balaban J connectivity index is 2.05. The molecule has 1 heterocycles. The van der Waals surface area contributed by atoms with Gasteiger partial charge in [-0.15, -0.1) is 0 Å². The Hall–Kier alpha value is -2.83. The molecule has 0 bridgehead atoms. The second-order valence-electron chi connectivity index (χ2n) is 5.42. The quantitative estimate of drug-likeness (QED) is 0.884. The Labute approximate surface area is 133 Å². The maximum Gasteiger partial charge on any atom is 0.321 e. The van der Waals surface area contributed by atoms with Gasteiger partial charge in [-0.1, -0.05) is 13.0 Å². The average molecular weight is 317 g/mol. The predicted molar refractivity (Wildman–Crippen MR) is 85.1 cm³/mol. The van der Waals surface area contributed by atoms with Crippen molar-refractivity contribution < 1.29 is 19.1 Å². The van der Waals surface area contributed by atoms with Crippen molar-refractivity contribution in [1.29, 1.82) is 0 Å². The Kier molecular flexibility index (Phi) is 5.00. The lowest BCUT2D eigenvalue weighted by atomic mass is 10.2. The molecule has 0 saturated carbocycles. The lowest BCUT2D eigenvalue weighted by molar-refractivity contribution is -0.141. The summed E-state index contributed by atoms with van der Waals surface area (Å²) in [6.45, 7) is 3.51. The molecule has 0 aliphatic heterocycles.